The summed E-state index contributed by atoms with van der Waals surface area (Å²) in [7, 11) is 0. The summed E-state index contributed by atoms with van der Waals surface area (Å²) >= 11 is 0. The Balaban J connectivity index is 2.30. The molecule has 4 nitrogen and oxygen atoms in total. The van der Waals surface area contributed by atoms with Crippen molar-refractivity contribution < 1.29 is 0 Å². The molecule has 2 aromatic rings. The number of benzene rings is 1. The highest BCUT2D eigenvalue weighted by Gasteiger charge is 2.39. The van der Waals surface area contributed by atoms with Gasteiger partial charge in [0.25, 0.3) is 0 Å². The monoisotopic (exact) mass is 240 g/mol. The molecule has 1 saturated carbocycles. The molecule has 2 N–H and O–H groups in total. The van der Waals surface area contributed by atoms with E-state index in [9.17, 15) is 0 Å². The molecule has 18 heavy (non-hydrogen) atoms. The molecule has 1 aliphatic rings. The summed E-state index contributed by atoms with van der Waals surface area (Å²) in [5.41, 5.74) is 8.54. The predicted octanol–water partition coefficient (Wildman–Crippen LogP) is 2.78. The third-order valence-electron chi connectivity index (χ3n) is 4.25. The van der Waals surface area contributed by atoms with Crippen LogP contribution in [0.5, 0.6) is 0 Å². The van der Waals surface area contributed by atoms with Crippen molar-refractivity contribution in [2.45, 2.75) is 38.1 Å². The molecule has 0 bridgehead atoms. The van der Waals surface area contributed by atoms with E-state index < -0.39 is 0 Å². The van der Waals surface area contributed by atoms with Crippen molar-refractivity contribution >= 4 is 17.0 Å². The van der Waals surface area contributed by atoms with Crippen molar-refractivity contribution in [2.24, 2.45) is 0 Å². The van der Waals surface area contributed by atoms with E-state index >= 15 is 0 Å². The van der Waals surface area contributed by atoms with Gasteiger partial charge in [-0.2, -0.15) is 5.26 Å². The zero-order valence-corrected chi connectivity index (χ0v) is 10.5. The van der Waals surface area contributed by atoms with Gasteiger partial charge in [-0.3, -0.25) is 0 Å². The molecule has 1 aromatic carbocycles. The molecular formula is C14H16N4. The van der Waals surface area contributed by atoms with Gasteiger partial charge >= 0.3 is 0 Å². The maximum atomic E-state index is 9.13. The number of nitrogens with two attached hydrogens (primary N) is 1. The molecule has 1 aromatic heterocycles. The summed E-state index contributed by atoms with van der Waals surface area (Å²) in [6.45, 7) is 2.19. The molecule has 0 radical (unpaired) electrons. The van der Waals surface area contributed by atoms with E-state index in [2.05, 4.69) is 22.5 Å². The van der Waals surface area contributed by atoms with Crippen LogP contribution in [0.1, 0.15) is 38.2 Å². The number of nitrogens with zero attached hydrogens (tertiary/aromatic N) is 3. The molecule has 1 heterocycles. The largest absolute Gasteiger partial charge is 0.369 e. The van der Waals surface area contributed by atoms with Gasteiger partial charge in [-0.15, -0.1) is 0 Å². The third-order valence-corrected chi connectivity index (χ3v) is 4.25. The van der Waals surface area contributed by atoms with Gasteiger partial charge in [0.2, 0.25) is 5.95 Å². The van der Waals surface area contributed by atoms with Crippen LogP contribution in [0.2, 0.25) is 0 Å². The van der Waals surface area contributed by atoms with Crippen LogP contribution < -0.4 is 5.73 Å². The van der Waals surface area contributed by atoms with E-state index in [1.807, 2.05) is 12.1 Å². The zero-order chi connectivity index (χ0) is 12.8. The Morgan fingerprint density at radius 3 is 2.83 bits per heavy atom. The quantitative estimate of drug-likeness (QED) is 0.877. The number of imidazole rings is 1. The molecule has 0 amide bonds. The highest BCUT2D eigenvalue weighted by molar-refractivity contribution is 5.84. The molecule has 0 spiro atoms. The summed E-state index contributed by atoms with van der Waals surface area (Å²) in [4.78, 5) is 4.40. The predicted molar refractivity (Wildman–Crippen MR) is 71.0 cm³/mol. The summed E-state index contributed by atoms with van der Waals surface area (Å²) in [5, 5.41) is 9.13. The first-order chi connectivity index (χ1) is 8.72. The Morgan fingerprint density at radius 2 is 2.28 bits per heavy atom. The maximum absolute atomic E-state index is 9.13. The lowest BCUT2D eigenvalue weighted by Gasteiger charge is -2.43. The number of hydrogen-bond donors (Lipinski definition) is 1. The van der Waals surface area contributed by atoms with Crippen LogP contribution in [0.3, 0.4) is 0 Å². The molecule has 3 rings (SSSR count). The van der Waals surface area contributed by atoms with Gasteiger partial charge in [0.1, 0.15) is 11.6 Å². The molecule has 0 unspecified atom stereocenters. The summed E-state index contributed by atoms with van der Waals surface area (Å²) in [5.74, 6) is 0.536. The number of aromatic nitrogens is 2. The van der Waals surface area contributed by atoms with Crippen molar-refractivity contribution in [1.82, 2.24) is 9.55 Å². The number of para-hydroxylation sites is 1. The summed E-state index contributed by atoms with van der Waals surface area (Å²) in [6.07, 6.45) is 4.59. The average molecular weight is 240 g/mol. The van der Waals surface area contributed by atoms with Gasteiger partial charge in [0.15, 0.2) is 0 Å². The second-order valence-electron chi connectivity index (χ2n) is 5.02. The van der Waals surface area contributed by atoms with Crippen molar-refractivity contribution in [3.8, 4) is 6.07 Å². The fourth-order valence-electron chi connectivity index (χ4n) is 3.03. The fourth-order valence-corrected chi connectivity index (χ4v) is 3.03. The minimum Gasteiger partial charge on any atom is -0.369 e. The van der Waals surface area contributed by atoms with E-state index in [1.54, 1.807) is 6.07 Å². The summed E-state index contributed by atoms with van der Waals surface area (Å²) in [6, 6.07) is 7.89. The Labute approximate surface area is 106 Å². The van der Waals surface area contributed by atoms with Gasteiger partial charge in [0.05, 0.1) is 11.1 Å². The van der Waals surface area contributed by atoms with Crippen LogP contribution >= 0.6 is 0 Å². The Morgan fingerprint density at radius 1 is 1.50 bits per heavy atom. The second kappa shape index (κ2) is 3.74. The van der Waals surface area contributed by atoms with Gasteiger partial charge in [0, 0.05) is 5.54 Å². The van der Waals surface area contributed by atoms with E-state index in [1.165, 1.54) is 6.42 Å². The number of hydrogen-bond acceptors (Lipinski definition) is 3. The first-order valence-corrected chi connectivity index (χ1v) is 6.39. The average Bonchev–Trinajstić information content (AvgIpc) is 2.66. The van der Waals surface area contributed by atoms with E-state index in [0.717, 1.165) is 30.3 Å². The van der Waals surface area contributed by atoms with Gasteiger partial charge < -0.3 is 10.3 Å². The van der Waals surface area contributed by atoms with Crippen molar-refractivity contribution in [3.05, 3.63) is 23.8 Å². The minimum atomic E-state index is 0.118. The fraction of sp³-hybridized carbons (Fsp3) is 0.429. The van der Waals surface area contributed by atoms with Crippen molar-refractivity contribution in [3.63, 3.8) is 0 Å². The van der Waals surface area contributed by atoms with Crippen LogP contribution in [0.25, 0.3) is 11.0 Å². The van der Waals surface area contributed by atoms with E-state index in [0.29, 0.717) is 11.5 Å². The third kappa shape index (κ3) is 1.28. The Kier molecular flexibility index (Phi) is 2.30. The molecule has 92 valence electrons. The van der Waals surface area contributed by atoms with E-state index in [-0.39, 0.29) is 5.54 Å². The first-order valence-electron chi connectivity index (χ1n) is 6.39. The van der Waals surface area contributed by atoms with Crippen molar-refractivity contribution in [2.75, 3.05) is 5.73 Å². The molecular weight excluding hydrogens is 224 g/mol. The SMILES string of the molecule is CCC1(n2c(N)nc3c(C#N)cccc32)CCC1. The highest BCUT2D eigenvalue weighted by atomic mass is 15.2. The van der Waals surface area contributed by atoms with Gasteiger partial charge in [-0.05, 0) is 37.8 Å². The molecule has 0 aliphatic heterocycles. The second-order valence-corrected chi connectivity index (χ2v) is 5.02. The lowest BCUT2D eigenvalue weighted by Crippen LogP contribution is -2.40. The highest BCUT2D eigenvalue weighted by Crippen LogP contribution is 2.45. The van der Waals surface area contributed by atoms with Crippen LogP contribution in [0.15, 0.2) is 18.2 Å². The van der Waals surface area contributed by atoms with Gasteiger partial charge in [-0.25, -0.2) is 4.98 Å². The van der Waals surface area contributed by atoms with Crippen LogP contribution in [0, 0.1) is 11.3 Å². The van der Waals surface area contributed by atoms with Crippen LogP contribution in [0.4, 0.5) is 5.95 Å². The Bertz CT molecular complexity index is 638. The maximum Gasteiger partial charge on any atom is 0.201 e. The molecule has 1 aliphatic carbocycles. The zero-order valence-electron chi connectivity index (χ0n) is 10.5. The molecule has 0 atom stereocenters. The first kappa shape index (κ1) is 11.1. The number of fused-ring (bicyclic) bond motifs is 1. The number of anilines is 1. The Hall–Kier alpha value is -2.02. The smallest absolute Gasteiger partial charge is 0.201 e. The van der Waals surface area contributed by atoms with Crippen LogP contribution in [-0.4, -0.2) is 9.55 Å². The number of rotatable bonds is 2. The normalized spacial score (nSPS) is 17.3. The van der Waals surface area contributed by atoms with E-state index in [4.69, 9.17) is 11.0 Å². The topological polar surface area (TPSA) is 67.6 Å². The molecule has 1 fully saturated rings. The summed E-state index contributed by atoms with van der Waals surface area (Å²) < 4.78 is 2.15. The molecule has 0 saturated heterocycles. The standard InChI is InChI=1S/C14H16N4/c1-2-14(7-4-8-14)18-11-6-3-5-10(9-15)12(11)17-13(18)16/h3,5-6H,2,4,7-8H2,1H3,(H2,16,17). The van der Waals surface area contributed by atoms with Gasteiger partial charge in [-0.1, -0.05) is 13.0 Å². The molecule has 4 heteroatoms. The van der Waals surface area contributed by atoms with Crippen molar-refractivity contribution in [1.29, 1.82) is 5.26 Å². The van der Waals surface area contributed by atoms with Crippen LogP contribution in [-0.2, 0) is 5.54 Å². The number of nitriles is 1. The number of nitrogen functional groups attached to an aromatic ring is 1. The minimum absolute atomic E-state index is 0.118. The lowest BCUT2D eigenvalue weighted by atomic mass is 9.74. The lowest BCUT2D eigenvalue weighted by molar-refractivity contribution is 0.144.